The summed E-state index contributed by atoms with van der Waals surface area (Å²) in [6.07, 6.45) is 4.46. The number of methoxy groups -OCH3 is 1. The first-order valence-corrected chi connectivity index (χ1v) is 10.9. The number of aryl methyl sites for hydroxylation is 1. The molecule has 1 aliphatic heterocycles. The summed E-state index contributed by atoms with van der Waals surface area (Å²) in [6, 6.07) is 10.8. The van der Waals surface area contributed by atoms with Crippen LogP contribution in [0.15, 0.2) is 42.7 Å². The normalized spacial score (nSPS) is 18.6. The molecule has 0 spiro atoms. The average Bonchev–Trinajstić information content (AvgIpc) is 2.79. The van der Waals surface area contributed by atoms with E-state index in [1.165, 1.54) is 0 Å². The Labute approximate surface area is 189 Å². The Kier molecular flexibility index (Phi) is 6.92. The summed E-state index contributed by atoms with van der Waals surface area (Å²) in [5.41, 5.74) is 4.46. The third kappa shape index (κ3) is 5.38. The molecule has 8 nitrogen and oxygen atoms in total. The van der Waals surface area contributed by atoms with Crippen LogP contribution in [0.3, 0.4) is 0 Å². The maximum atomic E-state index is 5.83. The number of rotatable bonds is 7. The van der Waals surface area contributed by atoms with Crippen molar-refractivity contribution in [1.29, 1.82) is 0 Å². The van der Waals surface area contributed by atoms with Crippen LogP contribution in [0.4, 0.5) is 5.82 Å². The number of ether oxygens (including phenoxy) is 2. The molecule has 3 aromatic heterocycles. The number of aromatic nitrogens is 4. The van der Waals surface area contributed by atoms with Gasteiger partial charge < -0.3 is 19.7 Å². The van der Waals surface area contributed by atoms with E-state index in [9.17, 15) is 0 Å². The molecule has 0 aromatic carbocycles. The van der Waals surface area contributed by atoms with E-state index < -0.39 is 0 Å². The SMILES string of the molecule is COCOc1cc(Cc2ccc(C)nc2)cnc1-c1ccc(N2C[C@@H](C)N[C@@H](C)C2)nn1. The van der Waals surface area contributed by atoms with Crippen molar-refractivity contribution in [1.82, 2.24) is 25.5 Å². The summed E-state index contributed by atoms with van der Waals surface area (Å²) >= 11 is 0. The largest absolute Gasteiger partial charge is 0.465 e. The lowest BCUT2D eigenvalue weighted by Crippen LogP contribution is -2.54. The summed E-state index contributed by atoms with van der Waals surface area (Å²) in [7, 11) is 1.60. The van der Waals surface area contributed by atoms with Gasteiger partial charge in [0.05, 0.1) is 0 Å². The Morgan fingerprint density at radius 1 is 1.00 bits per heavy atom. The van der Waals surface area contributed by atoms with E-state index in [0.29, 0.717) is 35.6 Å². The standard InChI is InChI=1S/C24H30N6O2/c1-16-5-6-19(11-25-16)9-20-10-22(32-15-31-4)24(26-12-20)21-7-8-23(29-28-21)30-13-17(2)27-18(3)14-30/h5-8,10-12,17-18,27H,9,13-15H2,1-4H3/t17-,18+. The van der Waals surface area contributed by atoms with E-state index in [4.69, 9.17) is 9.47 Å². The van der Waals surface area contributed by atoms with Crippen LogP contribution in [0.2, 0.25) is 0 Å². The van der Waals surface area contributed by atoms with Crippen molar-refractivity contribution in [3.05, 3.63) is 59.5 Å². The molecule has 8 heteroatoms. The van der Waals surface area contributed by atoms with Crippen LogP contribution in [0.5, 0.6) is 5.75 Å². The fourth-order valence-corrected chi connectivity index (χ4v) is 3.98. The minimum Gasteiger partial charge on any atom is -0.465 e. The van der Waals surface area contributed by atoms with Crippen LogP contribution >= 0.6 is 0 Å². The van der Waals surface area contributed by atoms with Gasteiger partial charge in [0.2, 0.25) is 0 Å². The number of hydrogen-bond donors (Lipinski definition) is 1. The molecule has 0 radical (unpaired) electrons. The summed E-state index contributed by atoms with van der Waals surface area (Å²) in [4.78, 5) is 11.3. The second-order valence-corrected chi connectivity index (χ2v) is 8.38. The fourth-order valence-electron chi connectivity index (χ4n) is 3.98. The molecule has 4 rings (SSSR count). The van der Waals surface area contributed by atoms with Gasteiger partial charge in [-0.1, -0.05) is 6.07 Å². The number of nitrogens with zero attached hydrogens (tertiary/aromatic N) is 5. The van der Waals surface area contributed by atoms with Gasteiger partial charge in [0.15, 0.2) is 18.4 Å². The molecule has 1 aliphatic rings. The minimum atomic E-state index is 0.131. The van der Waals surface area contributed by atoms with Gasteiger partial charge in [0, 0.05) is 56.8 Å². The predicted molar refractivity (Wildman–Crippen MR) is 124 cm³/mol. The van der Waals surface area contributed by atoms with E-state index in [1.54, 1.807) is 7.11 Å². The molecular formula is C24H30N6O2. The molecule has 0 amide bonds. The third-order valence-corrected chi connectivity index (χ3v) is 5.40. The molecule has 3 aromatic rings. The predicted octanol–water partition coefficient (Wildman–Crippen LogP) is 3.00. The second kappa shape index (κ2) is 10.0. The van der Waals surface area contributed by atoms with Crippen molar-refractivity contribution in [2.45, 2.75) is 39.3 Å². The van der Waals surface area contributed by atoms with Crippen molar-refractivity contribution < 1.29 is 9.47 Å². The van der Waals surface area contributed by atoms with Crippen LogP contribution in [0, 0.1) is 6.92 Å². The van der Waals surface area contributed by atoms with E-state index in [1.807, 2.05) is 43.6 Å². The molecule has 1 fully saturated rings. The van der Waals surface area contributed by atoms with Crippen molar-refractivity contribution in [3.8, 4) is 17.1 Å². The Morgan fingerprint density at radius 2 is 1.78 bits per heavy atom. The van der Waals surface area contributed by atoms with Gasteiger partial charge in [0.25, 0.3) is 0 Å². The molecule has 0 bridgehead atoms. The highest BCUT2D eigenvalue weighted by Gasteiger charge is 2.22. The lowest BCUT2D eigenvalue weighted by molar-refractivity contribution is 0.0512. The quantitative estimate of drug-likeness (QED) is 0.568. The first-order chi connectivity index (χ1) is 15.5. The first-order valence-electron chi connectivity index (χ1n) is 10.9. The Hall–Kier alpha value is -3.10. The number of hydrogen-bond acceptors (Lipinski definition) is 8. The average molecular weight is 435 g/mol. The number of nitrogens with one attached hydrogen (secondary N) is 1. The van der Waals surface area contributed by atoms with Crippen molar-refractivity contribution in [2.24, 2.45) is 0 Å². The van der Waals surface area contributed by atoms with Crippen LogP contribution < -0.4 is 15.0 Å². The zero-order chi connectivity index (χ0) is 22.5. The van der Waals surface area contributed by atoms with Crippen molar-refractivity contribution in [3.63, 3.8) is 0 Å². The topological polar surface area (TPSA) is 85.3 Å². The third-order valence-electron chi connectivity index (χ3n) is 5.40. The van der Waals surface area contributed by atoms with E-state index in [2.05, 4.69) is 50.3 Å². The minimum absolute atomic E-state index is 0.131. The molecule has 1 N–H and O–H groups in total. The van der Waals surface area contributed by atoms with Crippen LogP contribution in [0.1, 0.15) is 30.7 Å². The molecule has 0 unspecified atom stereocenters. The molecule has 0 saturated carbocycles. The van der Waals surface area contributed by atoms with Crippen LogP contribution in [-0.4, -0.2) is 59.2 Å². The summed E-state index contributed by atoms with van der Waals surface area (Å²) < 4.78 is 10.9. The molecule has 32 heavy (non-hydrogen) atoms. The fraction of sp³-hybridized carbons (Fsp3) is 0.417. The highest BCUT2D eigenvalue weighted by molar-refractivity contribution is 5.63. The number of piperazine rings is 1. The van der Waals surface area contributed by atoms with Crippen molar-refractivity contribution in [2.75, 3.05) is 31.9 Å². The molecule has 4 heterocycles. The lowest BCUT2D eigenvalue weighted by atomic mass is 10.1. The molecule has 0 aliphatic carbocycles. The van der Waals surface area contributed by atoms with Crippen molar-refractivity contribution >= 4 is 5.82 Å². The molecule has 168 valence electrons. The lowest BCUT2D eigenvalue weighted by Gasteiger charge is -2.36. The van der Waals surface area contributed by atoms with Gasteiger partial charge in [-0.15, -0.1) is 10.2 Å². The zero-order valence-corrected chi connectivity index (χ0v) is 19.1. The summed E-state index contributed by atoms with van der Waals surface area (Å²) in [5.74, 6) is 1.49. The van der Waals surface area contributed by atoms with Gasteiger partial charge in [-0.2, -0.15) is 0 Å². The second-order valence-electron chi connectivity index (χ2n) is 8.38. The van der Waals surface area contributed by atoms with E-state index in [0.717, 1.165) is 35.7 Å². The van der Waals surface area contributed by atoms with Gasteiger partial charge >= 0.3 is 0 Å². The molecular weight excluding hydrogens is 404 g/mol. The van der Waals surface area contributed by atoms with Gasteiger partial charge in [-0.3, -0.25) is 9.97 Å². The van der Waals surface area contributed by atoms with Crippen LogP contribution in [0.25, 0.3) is 11.4 Å². The maximum absolute atomic E-state index is 5.83. The molecule has 1 saturated heterocycles. The van der Waals surface area contributed by atoms with E-state index >= 15 is 0 Å². The monoisotopic (exact) mass is 434 g/mol. The van der Waals surface area contributed by atoms with Gasteiger partial charge in [-0.25, -0.2) is 0 Å². The Balaban J connectivity index is 1.56. The highest BCUT2D eigenvalue weighted by Crippen LogP contribution is 2.29. The number of anilines is 1. The zero-order valence-electron chi connectivity index (χ0n) is 19.1. The maximum Gasteiger partial charge on any atom is 0.188 e. The molecule has 2 atom stereocenters. The van der Waals surface area contributed by atoms with E-state index in [-0.39, 0.29) is 6.79 Å². The summed E-state index contributed by atoms with van der Waals surface area (Å²) in [5, 5.41) is 12.5. The number of pyridine rings is 2. The smallest absolute Gasteiger partial charge is 0.188 e. The summed E-state index contributed by atoms with van der Waals surface area (Å²) in [6.45, 7) is 8.28. The Bertz CT molecular complexity index is 1020. The highest BCUT2D eigenvalue weighted by atomic mass is 16.7. The van der Waals surface area contributed by atoms with Crippen LogP contribution in [-0.2, 0) is 11.2 Å². The first kappa shape index (κ1) is 22.1. The Morgan fingerprint density at radius 3 is 2.44 bits per heavy atom. The van der Waals surface area contributed by atoms with Gasteiger partial charge in [-0.05, 0) is 56.2 Å². The van der Waals surface area contributed by atoms with Gasteiger partial charge in [0.1, 0.15) is 11.4 Å².